The van der Waals surface area contributed by atoms with Crippen LogP contribution in [0.1, 0.15) is 44.5 Å². The number of rotatable bonds is 0. The van der Waals surface area contributed by atoms with Crippen LogP contribution in [0, 0.1) is 0 Å². The van der Waals surface area contributed by atoms with Gasteiger partial charge in [-0.1, -0.05) is 145 Å². The lowest BCUT2D eigenvalue weighted by molar-refractivity contribution is 0.615. The Morgan fingerprint density at radius 1 is 0.370 bits per heavy atom. The molecule has 0 unspecified atom stereocenters. The molecule has 2 spiro atoms. The van der Waals surface area contributed by atoms with Crippen molar-refractivity contribution >= 4 is 33.5 Å². The highest BCUT2D eigenvalue weighted by Crippen LogP contribution is 2.69. The molecule has 214 valence electrons. The van der Waals surface area contributed by atoms with Crippen molar-refractivity contribution in [2.75, 3.05) is 0 Å². The summed E-state index contributed by atoms with van der Waals surface area (Å²) in [7, 11) is 0. The lowest BCUT2D eigenvalue weighted by Gasteiger charge is -2.48. The molecule has 1 aromatic heterocycles. The molecule has 7 aromatic carbocycles. The van der Waals surface area contributed by atoms with E-state index in [1.165, 1.54) is 55.6 Å². The predicted octanol–water partition coefficient (Wildman–Crippen LogP) is 11.3. The summed E-state index contributed by atoms with van der Waals surface area (Å²) in [6, 6.07) is 55.5. The molecule has 0 saturated carbocycles. The normalized spacial score (nSPS) is 15.4. The van der Waals surface area contributed by atoms with Gasteiger partial charge in [0.15, 0.2) is 0 Å². The molecule has 0 radical (unpaired) electrons. The zero-order valence-electron chi connectivity index (χ0n) is 24.7. The molecule has 1 nitrogen and oxygen atoms in total. The van der Waals surface area contributed by atoms with Crippen molar-refractivity contribution in [1.82, 2.24) is 0 Å². The minimum absolute atomic E-state index is 0.489. The highest BCUT2D eigenvalue weighted by Gasteiger charge is 2.60. The number of para-hydroxylation sites is 1. The molecule has 2 heteroatoms. The van der Waals surface area contributed by atoms with Crippen LogP contribution in [-0.4, -0.2) is 0 Å². The maximum absolute atomic E-state index is 7.43. The Labute approximate surface area is 271 Å². The van der Waals surface area contributed by atoms with Crippen molar-refractivity contribution in [3.05, 3.63) is 201 Å². The molecule has 1 heterocycles. The Hall–Kier alpha value is -5.37. The lowest BCUT2D eigenvalue weighted by Crippen LogP contribution is -2.44. The van der Waals surface area contributed by atoms with Crippen LogP contribution in [0.25, 0.3) is 44.2 Å². The van der Waals surface area contributed by atoms with E-state index in [4.69, 9.17) is 16.0 Å². The van der Waals surface area contributed by atoms with Crippen molar-refractivity contribution in [2.45, 2.75) is 10.8 Å². The molecule has 0 atom stereocenters. The van der Waals surface area contributed by atoms with Crippen LogP contribution >= 0.6 is 11.6 Å². The summed E-state index contributed by atoms with van der Waals surface area (Å²) in [6.45, 7) is 0. The van der Waals surface area contributed by atoms with Gasteiger partial charge >= 0.3 is 0 Å². The van der Waals surface area contributed by atoms with Crippen molar-refractivity contribution in [1.29, 1.82) is 0 Å². The van der Waals surface area contributed by atoms with E-state index in [2.05, 4.69) is 152 Å². The molecule has 46 heavy (non-hydrogen) atoms. The molecule has 0 aliphatic heterocycles. The van der Waals surface area contributed by atoms with Gasteiger partial charge in [-0.2, -0.15) is 0 Å². The Morgan fingerprint density at radius 3 is 1.52 bits per heavy atom. The number of hydrogen-bond donors (Lipinski definition) is 0. The van der Waals surface area contributed by atoms with E-state index in [1.54, 1.807) is 0 Å². The lowest BCUT2D eigenvalue weighted by atomic mass is 9.52. The molecule has 3 aliphatic carbocycles. The largest absolute Gasteiger partial charge is 0.456 e. The van der Waals surface area contributed by atoms with Gasteiger partial charge in [0, 0.05) is 21.4 Å². The van der Waals surface area contributed by atoms with Crippen LogP contribution in [0.2, 0.25) is 5.02 Å². The summed E-state index contributed by atoms with van der Waals surface area (Å²) in [5, 5.41) is 3.03. The van der Waals surface area contributed by atoms with Crippen LogP contribution in [0.15, 0.2) is 156 Å². The van der Waals surface area contributed by atoms with Crippen LogP contribution in [-0.2, 0) is 10.8 Å². The van der Waals surface area contributed by atoms with E-state index in [-0.39, 0.29) is 0 Å². The van der Waals surface area contributed by atoms with E-state index >= 15 is 0 Å². The van der Waals surface area contributed by atoms with E-state index < -0.39 is 10.8 Å². The summed E-state index contributed by atoms with van der Waals surface area (Å²) in [5.74, 6) is 0. The monoisotopic (exact) mass is 604 g/mol. The number of furan rings is 1. The van der Waals surface area contributed by atoms with E-state index in [9.17, 15) is 0 Å². The second-order valence-corrected chi connectivity index (χ2v) is 13.2. The first kappa shape index (κ1) is 24.9. The first-order chi connectivity index (χ1) is 22.8. The molecule has 0 amide bonds. The summed E-state index contributed by atoms with van der Waals surface area (Å²) in [6.07, 6.45) is 0. The second kappa shape index (κ2) is 8.46. The fraction of sp³-hybridized carbons (Fsp3) is 0.0455. The van der Waals surface area contributed by atoms with Crippen LogP contribution in [0.4, 0.5) is 0 Å². The molecule has 8 aromatic rings. The van der Waals surface area contributed by atoms with Crippen molar-refractivity contribution in [3.63, 3.8) is 0 Å². The number of hydrogen-bond acceptors (Lipinski definition) is 1. The van der Waals surface area contributed by atoms with Crippen LogP contribution < -0.4 is 0 Å². The first-order valence-corrected chi connectivity index (χ1v) is 16.3. The minimum Gasteiger partial charge on any atom is -0.456 e. The molecule has 0 fully saturated rings. The third-order valence-electron chi connectivity index (χ3n) is 11.0. The standard InChI is InChI=1S/C44H25ClO/c45-38-22-11-15-29-30-24-25-31-28-14-3-10-23-39(28)46-42(31)41(30)44(40(29)38)36-20-8-6-18-34(36)43(35-19-7-9-21-37(35)44)32-16-4-1-12-26(32)27-13-2-5-17-33(27)43/h1-25H. The van der Waals surface area contributed by atoms with E-state index in [0.717, 1.165) is 38.1 Å². The van der Waals surface area contributed by atoms with Gasteiger partial charge in [0.25, 0.3) is 0 Å². The average Bonchev–Trinajstić information content (AvgIpc) is 3.74. The van der Waals surface area contributed by atoms with Gasteiger partial charge in [0.1, 0.15) is 11.2 Å². The number of halogens is 1. The quantitative estimate of drug-likeness (QED) is 0.168. The predicted molar refractivity (Wildman–Crippen MR) is 187 cm³/mol. The molecule has 11 rings (SSSR count). The SMILES string of the molecule is Clc1cccc2c1C1(c3ccccc3C3(c4ccccc4-c4ccccc43)c3ccccc31)c1c-2ccc2c1oc1ccccc12. The van der Waals surface area contributed by atoms with Gasteiger partial charge in [-0.25, -0.2) is 0 Å². The Balaban J connectivity index is 1.40. The molecular formula is C44H25ClO. The third-order valence-corrected chi connectivity index (χ3v) is 11.3. The van der Waals surface area contributed by atoms with Gasteiger partial charge in [-0.3, -0.25) is 0 Å². The van der Waals surface area contributed by atoms with Gasteiger partial charge in [-0.15, -0.1) is 0 Å². The average molecular weight is 605 g/mol. The van der Waals surface area contributed by atoms with E-state index in [1.807, 2.05) is 0 Å². The summed E-state index contributed by atoms with van der Waals surface area (Å²) < 4.78 is 6.91. The zero-order chi connectivity index (χ0) is 30.2. The summed E-state index contributed by atoms with van der Waals surface area (Å²) in [4.78, 5) is 0. The van der Waals surface area contributed by atoms with Gasteiger partial charge in [0.2, 0.25) is 0 Å². The maximum Gasteiger partial charge on any atom is 0.140 e. The van der Waals surface area contributed by atoms with Crippen LogP contribution in [0.5, 0.6) is 0 Å². The van der Waals surface area contributed by atoms with Gasteiger partial charge in [0.05, 0.1) is 10.8 Å². The molecule has 0 bridgehead atoms. The smallest absolute Gasteiger partial charge is 0.140 e. The molecule has 0 N–H and O–H groups in total. The fourth-order valence-corrected chi connectivity index (χ4v) is 9.88. The van der Waals surface area contributed by atoms with Crippen LogP contribution in [0.3, 0.4) is 0 Å². The number of benzene rings is 7. The Morgan fingerprint density at radius 2 is 0.870 bits per heavy atom. The number of fused-ring (bicyclic) bond motifs is 20. The highest BCUT2D eigenvalue weighted by atomic mass is 35.5. The topological polar surface area (TPSA) is 13.1 Å². The summed E-state index contributed by atoms with van der Waals surface area (Å²) in [5.41, 5.74) is 15.6. The molecule has 0 saturated heterocycles. The Bertz CT molecular complexity index is 2530. The molecule has 3 aliphatic rings. The Kier molecular flexibility index (Phi) is 4.58. The van der Waals surface area contributed by atoms with Gasteiger partial charge < -0.3 is 4.42 Å². The highest BCUT2D eigenvalue weighted by molar-refractivity contribution is 6.32. The third kappa shape index (κ3) is 2.62. The maximum atomic E-state index is 7.43. The van der Waals surface area contributed by atoms with Crippen molar-refractivity contribution < 1.29 is 4.42 Å². The summed E-state index contributed by atoms with van der Waals surface area (Å²) >= 11 is 7.43. The van der Waals surface area contributed by atoms with Crippen molar-refractivity contribution in [3.8, 4) is 22.3 Å². The first-order valence-electron chi connectivity index (χ1n) is 15.9. The van der Waals surface area contributed by atoms with E-state index in [0.29, 0.717) is 0 Å². The van der Waals surface area contributed by atoms with Crippen molar-refractivity contribution in [2.24, 2.45) is 0 Å². The van der Waals surface area contributed by atoms with Gasteiger partial charge in [-0.05, 0) is 79.4 Å². The zero-order valence-corrected chi connectivity index (χ0v) is 25.5. The molecular weight excluding hydrogens is 580 g/mol. The minimum atomic E-state index is -0.693. The fourth-order valence-electron chi connectivity index (χ4n) is 9.56. The second-order valence-electron chi connectivity index (χ2n) is 12.8.